The van der Waals surface area contributed by atoms with Crippen molar-refractivity contribution in [2.45, 2.75) is 30.6 Å². The van der Waals surface area contributed by atoms with Crippen LogP contribution >= 0.6 is 7.82 Å². The number of aromatic amines is 1. The molecule has 4 rings (SSSR count). The van der Waals surface area contributed by atoms with Gasteiger partial charge in [-0.1, -0.05) is 18.2 Å². The number of hydrogen-bond donors (Lipinski definition) is 5. The molecule has 0 radical (unpaired) electrons. The molecule has 1 aromatic carbocycles. The Morgan fingerprint density at radius 1 is 1.16 bits per heavy atom. The van der Waals surface area contributed by atoms with Crippen molar-refractivity contribution >= 4 is 24.7 Å². The van der Waals surface area contributed by atoms with E-state index in [0.717, 1.165) is 5.39 Å². The van der Waals surface area contributed by atoms with Crippen LogP contribution in [0, 0.1) is 0 Å². The maximum absolute atomic E-state index is 12.6. The fourth-order valence-electron chi connectivity index (χ4n) is 3.66. The van der Waals surface area contributed by atoms with Crippen LogP contribution in [0.5, 0.6) is 0 Å². The van der Waals surface area contributed by atoms with E-state index < -0.39 is 51.0 Å². The van der Waals surface area contributed by atoms with Crippen LogP contribution in [0.1, 0.15) is 16.7 Å². The first-order valence-corrected chi connectivity index (χ1v) is 10.9. The number of hydrogen-bond acceptors (Lipinski definition) is 7. The van der Waals surface area contributed by atoms with Gasteiger partial charge in [-0.25, -0.2) is 9.36 Å². The molecule has 31 heavy (non-hydrogen) atoms. The van der Waals surface area contributed by atoms with Crippen molar-refractivity contribution in [3.05, 3.63) is 60.6 Å². The molecule has 0 saturated carbocycles. The monoisotopic (exact) mass is 452 g/mol. The zero-order chi connectivity index (χ0) is 22.2. The third kappa shape index (κ3) is 4.43. The Morgan fingerprint density at radius 3 is 2.61 bits per heavy atom. The van der Waals surface area contributed by atoms with E-state index in [4.69, 9.17) is 14.0 Å². The van der Waals surface area contributed by atoms with E-state index in [1.54, 1.807) is 35.0 Å². The molecule has 0 spiro atoms. The van der Waals surface area contributed by atoms with Gasteiger partial charge >= 0.3 is 13.8 Å². The van der Waals surface area contributed by atoms with E-state index >= 15 is 0 Å². The molecule has 1 aliphatic heterocycles. The maximum Gasteiger partial charge on any atom is 0.470 e. The number of para-hydroxylation sites is 1. The average molecular weight is 452 g/mol. The quantitative estimate of drug-likeness (QED) is 0.270. The Hall–Kier alpha value is -2.50. The molecule has 3 heterocycles. The number of phosphoric ester groups is 1. The average Bonchev–Trinajstić information content (AvgIpc) is 3.40. The number of H-pyrrole nitrogens is 1. The number of carbonyl (C=O) groups excluding carboxylic acids is 1. The van der Waals surface area contributed by atoms with Gasteiger partial charge in [0.25, 0.3) is 0 Å². The van der Waals surface area contributed by atoms with Crippen molar-refractivity contribution in [2.75, 3.05) is 6.61 Å². The van der Waals surface area contributed by atoms with Crippen LogP contribution < -0.4 is 0 Å². The first-order chi connectivity index (χ1) is 14.8. The molecule has 3 aromatic rings. The Morgan fingerprint density at radius 2 is 1.94 bits per heavy atom. The normalized spacial score (nSPS) is 26.8. The predicted octanol–water partition coefficient (Wildman–Crippen LogP) is 0.923. The van der Waals surface area contributed by atoms with Crippen LogP contribution in [0.25, 0.3) is 10.9 Å². The molecule has 11 nitrogen and oxygen atoms in total. The zero-order valence-electron chi connectivity index (χ0n) is 16.0. The molecule has 0 aliphatic carbocycles. The zero-order valence-corrected chi connectivity index (χ0v) is 16.9. The van der Waals surface area contributed by atoms with E-state index in [1.165, 1.54) is 12.3 Å². The van der Waals surface area contributed by atoms with E-state index in [2.05, 4.69) is 4.98 Å². The second-order valence-electron chi connectivity index (χ2n) is 7.03. The number of carbonyl (C=O) groups is 1. The van der Waals surface area contributed by atoms with Crippen LogP contribution in [-0.4, -0.2) is 66.5 Å². The summed E-state index contributed by atoms with van der Waals surface area (Å²) in [6, 6.07) is 12.0. The largest absolute Gasteiger partial charge is 0.470 e. The Bertz CT molecular complexity index is 1090. The van der Waals surface area contributed by atoms with E-state index in [-0.39, 0.29) is 5.69 Å². The molecule has 166 valence electrons. The number of aromatic nitrogens is 2. The van der Waals surface area contributed by atoms with Crippen molar-refractivity contribution in [3.63, 3.8) is 0 Å². The Labute approximate surface area is 176 Å². The number of aliphatic hydroxyl groups is 2. The fourth-order valence-corrected chi connectivity index (χ4v) is 4.22. The lowest BCUT2D eigenvalue weighted by Crippen LogP contribution is -2.58. The summed E-state index contributed by atoms with van der Waals surface area (Å²) in [5.74, 6) is -0.839. The highest BCUT2D eigenvalue weighted by molar-refractivity contribution is 7.46. The third-order valence-electron chi connectivity index (χ3n) is 5.04. The van der Waals surface area contributed by atoms with Gasteiger partial charge in [0.1, 0.15) is 24.0 Å². The Kier molecular flexibility index (Phi) is 6.00. The molecule has 5 N–H and O–H groups in total. The van der Waals surface area contributed by atoms with Crippen LogP contribution in [0.15, 0.2) is 54.9 Å². The predicted molar refractivity (Wildman–Crippen MR) is 106 cm³/mol. The van der Waals surface area contributed by atoms with Crippen molar-refractivity contribution in [1.82, 2.24) is 9.55 Å². The molecular formula is C19H21N2O9P. The lowest BCUT2D eigenvalue weighted by molar-refractivity contribution is -0.246. The number of benzene rings is 1. The highest BCUT2D eigenvalue weighted by Crippen LogP contribution is 2.44. The second-order valence-corrected chi connectivity index (χ2v) is 8.23. The summed E-state index contributed by atoms with van der Waals surface area (Å²) in [5, 5.41) is 21.1. The second kappa shape index (κ2) is 8.56. The minimum atomic E-state index is -5.11. The molecule has 12 heteroatoms. The highest BCUT2D eigenvalue weighted by atomic mass is 31.2. The van der Waals surface area contributed by atoms with Gasteiger partial charge < -0.3 is 39.0 Å². The minimum Gasteiger partial charge on any atom is -0.450 e. The number of nitrogens with zero attached hydrogens (tertiary/aromatic N) is 1. The number of esters is 1. The maximum atomic E-state index is 12.6. The van der Waals surface area contributed by atoms with Crippen molar-refractivity contribution in [3.8, 4) is 0 Å². The summed E-state index contributed by atoms with van der Waals surface area (Å²) in [4.78, 5) is 34.1. The molecule has 5 atom stereocenters. The summed E-state index contributed by atoms with van der Waals surface area (Å²) in [5.41, 5.74) is 0.765. The minimum absolute atomic E-state index is 0.0878. The van der Waals surface area contributed by atoms with Gasteiger partial charge in [0, 0.05) is 12.4 Å². The van der Waals surface area contributed by atoms with Crippen LogP contribution in [0.3, 0.4) is 0 Å². The topological polar surface area (TPSA) is 163 Å². The van der Waals surface area contributed by atoms with Crippen molar-refractivity contribution in [2.24, 2.45) is 0 Å². The molecule has 1 aliphatic rings. The van der Waals surface area contributed by atoms with Gasteiger partial charge in [0.2, 0.25) is 0 Å². The molecular weight excluding hydrogens is 431 g/mol. The summed E-state index contributed by atoms with van der Waals surface area (Å²) in [6.45, 7) is -0.658. The van der Waals surface area contributed by atoms with Crippen LogP contribution in [0.4, 0.5) is 0 Å². The summed E-state index contributed by atoms with van der Waals surface area (Å²) >= 11 is 0. The first kappa shape index (κ1) is 21.7. The molecule has 2 aromatic heterocycles. The van der Waals surface area contributed by atoms with E-state index in [0.29, 0.717) is 5.52 Å². The molecule has 1 saturated heterocycles. The number of rotatable bonds is 6. The van der Waals surface area contributed by atoms with Gasteiger partial charge in [-0.05, 0) is 29.7 Å². The van der Waals surface area contributed by atoms with Gasteiger partial charge in [0.05, 0.1) is 12.1 Å². The fraction of sp³-hybridized carbons (Fsp3) is 0.316. The number of ether oxygens (including phenoxy) is 2. The Balaban J connectivity index is 1.78. The number of fused-ring (bicyclic) bond motifs is 1. The lowest BCUT2D eigenvalue weighted by Gasteiger charge is -2.43. The highest BCUT2D eigenvalue weighted by Gasteiger charge is 2.51. The van der Waals surface area contributed by atoms with Crippen LogP contribution in [-0.2, 0) is 18.6 Å². The van der Waals surface area contributed by atoms with E-state index in [1.807, 2.05) is 12.1 Å². The summed E-state index contributed by atoms with van der Waals surface area (Å²) < 4.78 is 29.4. The van der Waals surface area contributed by atoms with Crippen molar-refractivity contribution < 1.29 is 43.4 Å². The first-order valence-electron chi connectivity index (χ1n) is 9.37. The molecule has 1 fully saturated rings. The van der Waals surface area contributed by atoms with Gasteiger partial charge in [0.15, 0.2) is 12.3 Å². The SMILES string of the molecule is O=C(O[C@@H]1[C@@H](OP(=O)(O)O)[C@H](O)[C@@H](CO)O[C@H]1n1ccc2ccccc21)c1ccc[nH]1. The number of phosphoric acid groups is 1. The standard InChI is InChI=1S/C19H21N2O9P/c22-10-14-15(23)16(30-31(25,26)27)17(29-19(24)12-5-3-8-20-12)18(28-14)21-9-7-11-4-1-2-6-13(11)21/h1-9,14-18,20,22-23H,10H2,(H2,25,26,27)/t14-,15-,16+,17-,18-/m1/s1. The van der Waals surface area contributed by atoms with E-state index in [9.17, 15) is 29.4 Å². The van der Waals surface area contributed by atoms with Crippen LogP contribution in [0.2, 0.25) is 0 Å². The van der Waals surface area contributed by atoms with Gasteiger partial charge in [-0.2, -0.15) is 0 Å². The lowest BCUT2D eigenvalue weighted by atomic mass is 9.98. The summed E-state index contributed by atoms with van der Waals surface area (Å²) in [7, 11) is -5.11. The smallest absolute Gasteiger partial charge is 0.450 e. The van der Waals surface area contributed by atoms with Gasteiger partial charge in [-0.3, -0.25) is 4.52 Å². The van der Waals surface area contributed by atoms with Crippen molar-refractivity contribution in [1.29, 1.82) is 0 Å². The molecule has 0 unspecified atom stereocenters. The third-order valence-corrected chi connectivity index (χ3v) is 5.56. The molecule has 0 bridgehead atoms. The number of aliphatic hydroxyl groups excluding tert-OH is 2. The summed E-state index contributed by atoms with van der Waals surface area (Å²) in [6.07, 6.45) is -4.08. The van der Waals surface area contributed by atoms with Gasteiger partial charge in [-0.15, -0.1) is 0 Å². The molecule has 0 amide bonds. The number of nitrogens with one attached hydrogen (secondary N) is 1.